The van der Waals surface area contributed by atoms with Crippen molar-refractivity contribution in [1.82, 2.24) is 15.6 Å². The van der Waals surface area contributed by atoms with Crippen molar-refractivity contribution in [3.63, 3.8) is 0 Å². The Morgan fingerprint density at radius 2 is 1.78 bits per heavy atom. The summed E-state index contributed by atoms with van der Waals surface area (Å²) >= 11 is 18.5. The predicted octanol–water partition coefficient (Wildman–Crippen LogP) is 6.51. The van der Waals surface area contributed by atoms with Crippen LogP contribution >= 0.6 is 35.4 Å². The molecule has 2 aromatic rings. The number of pyridine rings is 1. The number of benzene rings is 1. The molecule has 0 saturated heterocycles. The van der Waals surface area contributed by atoms with Crippen LogP contribution in [-0.4, -0.2) is 47.2 Å². The van der Waals surface area contributed by atoms with Gasteiger partial charge in [0, 0.05) is 18.0 Å². The van der Waals surface area contributed by atoms with Crippen molar-refractivity contribution in [3.05, 3.63) is 39.4 Å². The van der Waals surface area contributed by atoms with Crippen molar-refractivity contribution in [2.24, 2.45) is 17.1 Å². The van der Waals surface area contributed by atoms with E-state index in [2.05, 4.69) is 15.6 Å². The van der Waals surface area contributed by atoms with E-state index in [9.17, 15) is 31.5 Å². The summed E-state index contributed by atoms with van der Waals surface area (Å²) in [6, 6.07) is 3.56. The molecule has 1 aliphatic rings. The summed E-state index contributed by atoms with van der Waals surface area (Å²) in [4.78, 5) is 31.0. The van der Waals surface area contributed by atoms with Crippen LogP contribution in [0.25, 0.3) is 0 Å². The van der Waals surface area contributed by atoms with Crippen molar-refractivity contribution in [1.29, 1.82) is 0 Å². The van der Waals surface area contributed by atoms with Gasteiger partial charge in [0.25, 0.3) is 12.3 Å². The molecule has 0 atom stereocenters. The Morgan fingerprint density at radius 3 is 2.31 bits per heavy atom. The highest BCUT2D eigenvalue weighted by Gasteiger charge is 2.41. The van der Waals surface area contributed by atoms with Crippen LogP contribution in [0.15, 0.2) is 18.2 Å². The fourth-order valence-corrected chi connectivity index (χ4v) is 5.43. The van der Waals surface area contributed by atoms with Crippen molar-refractivity contribution < 1.29 is 36.3 Å². The number of rotatable bonds is 9. The molecule has 17 heteroatoms. The van der Waals surface area contributed by atoms with E-state index >= 15 is 0 Å². The number of halogens is 7. The summed E-state index contributed by atoms with van der Waals surface area (Å²) in [6.07, 6.45) is -7.56. The van der Waals surface area contributed by atoms with Crippen molar-refractivity contribution in [3.8, 4) is 5.88 Å². The number of anilines is 3. The van der Waals surface area contributed by atoms with E-state index in [1.807, 2.05) is 0 Å². The molecule has 9 nitrogen and oxygen atoms in total. The number of hydrogen-bond acceptors (Lipinski definition) is 6. The Bertz CT molecular complexity index is 1430. The van der Waals surface area contributed by atoms with Crippen LogP contribution in [0.4, 0.5) is 39.1 Å². The van der Waals surface area contributed by atoms with E-state index in [1.54, 1.807) is 26.8 Å². The molecule has 0 unspecified atom stereocenters. The molecule has 1 fully saturated rings. The van der Waals surface area contributed by atoms with Gasteiger partial charge < -0.3 is 26.8 Å². The average molecular weight is 700 g/mol. The first-order chi connectivity index (χ1) is 20.8. The molecule has 0 aliphatic heterocycles. The molecule has 0 spiro atoms. The number of hydrogen-bond donors (Lipinski definition) is 4. The third-order valence-corrected chi connectivity index (χ3v) is 7.97. The fraction of sp³-hybridized carbons (Fsp3) is 0.500. The molecule has 2 amide bonds. The third-order valence-electron chi connectivity index (χ3n) is 7.06. The third kappa shape index (κ3) is 9.19. The summed E-state index contributed by atoms with van der Waals surface area (Å²) in [7, 11) is 0. The van der Waals surface area contributed by atoms with Gasteiger partial charge in [0.05, 0.1) is 27.3 Å². The molecule has 1 aliphatic carbocycles. The largest absolute Gasteiger partial charge is 0.471 e. The van der Waals surface area contributed by atoms with Crippen molar-refractivity contribution >= 4 is 69.5 Å². The van der Waals surface area contributed by atoms with E-state index in [1.165, 1.54) is 6.07 Å². The lowest BCUT2D eigenvalue weighted by molar-refractivity contribution is -0.182. The Balaban J connectivity index is 2.03. The molecule has 45 heavy (non-hydrogen) atoms. The second-order valence-electron chi connectivity index (χ2n) is 11.5. The van der Waals surface area contributed by atoms with Crippen LogP contribution in [0.5, 0.6) is 5.88 Å². The highest BCUT2D eigenvalue weighted by molar-refractivity contribution is 7.80. The van der Waals surface area contributed by atoms with E-state index in [-0.39, 0.29) is 76.0 Å². The van der Waals surface area contributed by atoms with Gasteiger partial charge in [0.15, 0.2) is 17.5 Å². The molecule has 1 saturated carbocycles. The van der Waals surface area contributed by atoms with Gasteiger partial charge in [-0.3, -0.25) is 14.5 Å². The molecular formula is C28H33Cl2F5N6O3S. The topological polar surface area (TPSA) is 136 Å². The maximum absolute atomic E-state index is 13.4. The Morgan fingerprint density at radius 1 is 1.16 bits per heavy atom. The van der Waals surface area contributed by atoms with E-state index < -0.39 is 48.4 Å². The van der Waals surface area contributed by atoms with Gasteiger partial charge in [0.2, 0.25) is 11.8 Å². The number of nitrogen functional groups attached to an aromatic ring is 1. The smallest absolute Gasteiger partial charge is 0.391 e. The molecular weight excluding hydrogens is 666 g/mol. The molecule has 248 valence electrons. The maximum atomic E-state index is 13.4. The van der Waals surface area contributed by atoms with Crippen molar-refractivity contribution in [2.45, 2.75) is 71.6 Å². The zero-order chi connectivity index (χ0) is 33.9. The van der Waals surface area contributed by atoms with Gasteiger partial charge in [-0.1, -0.05) is 50.0 Å². The number of nitrogens with one attached hydrogen (secondary N) is 2. The van der Waals surface area contributed by atoms with Crippen LogP contribution in [0, 0.1) is 11.3 Å². The van der Waals surface area contributed by atoms with Gasteiger partial charge >= 0.3 is 6.18 Å². The second kappa shape index (κ2) is 14.5. The quantitative estimate of drug-likeness (QED) is 0.172. The Labute approximate surface area is 272 Å². The van der Waals surface area contributed by atoms with Crippen LogP contribution in [0.1, 0.15) is 62.4 Å². The van der Waals surface area contributed by atoms with Crippen LogP contribution in [0.3, 0.4) is 0 Å². The standard InChI is InChI=1S/C28H33Cl2F5N6O3S/c1-27(2,3)25(43)38-11-13-4-9-17(29)21(20(13)30)41(26(37)45)18-10-16(24(40-22(18)36)44-12-19(31)32)23(42)39-15-7-5-14(6-8-15)28(33,34)35/h4,9-10,14-15,19H,5-8,11-12H2,1-3H3,(H2,36,40)(H2,37,45)(H,38,43)(H,39,42)/t14-,15-. The Hall–Kier alpha value is -3.17. The minimum atomic E-state index is -4.34. The van der Waals surface area contributed by atoms with Gasteiger partial charge in [-0.25, -0.2) is 8.78 Å². The molecule has 3 rings (SSSR count). The van der Waals surface area contributed by atoms with Crippen LogP contribution < -0.4 is 31.7 Å². The van der Waals surface area contributed by atoms with Gasteiger partial charge in [0.1, 0.15) is 5.56 Å². The minimum Gasteiger partial charge on any atom is -0.471 e. The van der Waals surface area contributed by atoms with E-state index in [0.29, 0.717) is 5.56 Å². The summed E-state index contributed by atoms with van der Waals surface area (Å²) in [6.45, 7) is 4.08. The maximum Gasteiger partial charge on any atom is 0.391 e. The lowest BCUT2D eigenvalue weighted by Crippen LogP contribution is -2.40. The highest BCUT2D eigenvalue weighted by Crippen LogP contribution is 2.43. The molecule has 6 N–H and O–H groups in total. The summed E-state index contributed by atoms with van der Waals surface area (Å²) in [5, 5.41) is 5.12. The highest BCUT2D eigenvalue weighted by atomic mass is 35.5. The number of aromatic nitrogens is 1. The predicted molar refractivity (Wildman–Crippen MR) is 166 cm³/mol. The first-order valence-electron chi connectivity index (χ1n) is 13.7. The molecule has 0 bridgehead atoms. The molecule has 1 heterocycles. The fourth-order valence-electron chi connectivity index (χ4n) is 4.64. The second-order valence-corrected chi connectivity index (χ2v) is 12.7. The van der Waals surface area contributed by atoms with E-state index in [4.69, 9.17) is 51.6 Å². The minimum absolute atomic E-state index is 0.00264. The average Bonchev–Trinajstić information content (AvgIpc) is 2.93. The SMILES string of the molecule is CC(C)(C)C(=O)NCc1ccc(Cl)c(N(C(N)=S)c2cc(C(=O)N[C@H]3CC[C@H](C(F)(F)F)CC3)c(OCC(F)F)nc2N)c1Cl. The number of thiocarbonyl (C=S) groups is 1. The van der Waals surface area contributed by atoms with Crippen LogP contribution in [0.2, 0.25) is 10.0 Å². The van der Waals surface area contributed by atoms with Gasteiger partial charge in [-0.15, -0.1) is 0 Å². The van der Waals surface area contributed by atoms with Crippen molar-refractivity contribution in [2.75, 3.05) is 17.2 Å². The first-order valence-corrected chi connectivity index (χ1v) is 14.9. The number of carbonyl (C=O) groups is 2. The first kappa shape index (κ1) is 36.3. The normalized spacial score (nSPS) is 17.1. The summed E-state index contributed by atoms with van der Waals surface area (Å²) in [5.41, 5.74) is 11.5. The molecule has 1 aromatic heterocycles. The number of alkyl halides is 5. The zero-order valence-electron chi connectivity index (χ0n) is 24.5. The van der Waals surface area contributed by atoms with E-state index in [0.717, 1.165) is 11.0 Å². The number of ether oxygens (including phenoxy) is 1. The van der Waals surface area contributed by atoms with Gasteiger partial charge in [-0.05, 0) is 55.6 Å². The molecule has 1 aromatic carbocycles. The zero-order valence-corrected chi connectivity index (χ0v) is 26.9. The number of carbonyl (C=O) groups excluding carboxylic acids is 2. The monoisotopic (exact) mass is 698 g/mol. The van der Waals surface area contributed by atoms with Gasteiger partial charge in [-0.2, -0.15) is 18.2 Å². The number of nitrogens with zero attached hydrogens (tertiary/aromatic N) is 2. The summed E-state index contributed by atoms with van der Waals surface area (Å²) in [5.74, 6) is -3.49. The van der Waals surface area contributed by atoms with Crippen LogP contribution in [-0.2, 0) is 11.3 Å². The lowest BCUT2D eigenvalue weighted by Gasteiger charge is -2.30. The number of amides is 2. The number of nitrogens with two attached hydrogens (primary N) is 2. The lowest BCUT2D eigenvalue weighted by atomic mass is 9.85. The Kier molecular flexibility index (Phi) is 11.7. The molecule has 0 radical (unpaired) electrons. The summed E-state index contributed by atoms with van der Waals surface area (Å²) < 4.78 is 70.5.